The zero-order valence-corrected chi connectivity index (χ0v) is 20.7. The molecule has 1 aliphatic rings. The summed E-state index contributed by atoms with van der Waals surface area (Å²) in [6.07, 6.45) is 13.9. The molecule has 1 fully saturated rings. The summed E-state index contributed by atoms with van der Waals surface area (Å²) in [5, 5.41) is 21.4. The average molecular weight is 521 g/mol. The molecule has 0 aliphatic heterocycles. The van der Waals surface area contributed by atoms with Crippen LogP contribution in [0.5, 0.6) is 0 Å². The van der Waals surface area contributed by atoms with Crippen molar-refractivity contribution in [1.82, 2.24) is 20.4 Å². The van der Waals surface area contributed by atoms with Gasteiger partial charge in [0.15, 0.2) is 5.96 Å². The molecule has 1 atom stereocenters. The van der Waals surface area contributed by atoms with Gasteiger partial charge >= 0.3 is 0 Å². The lowest BCUT2D eigenvalue weighted by molar-refractivity contribution is 0.0411. The Morgan fingerprint density at radius 2 is 2.00 bits per heavy atom. The van der Waals surface area contributed by atoms with Gasteiger partial charge in [0.05, 0.1) is 18.8 Å². The van der Waals surface area contributed by atoms with Crippen LogP contribution in [0.15, 0.2) is 17.4 Å². The summed E-state index contributed by atoms with van der Waals surface area (Å²) >= 11 is 0. The van der Waals surface area contributed by atoms with Gasteiger partial charge in [-0.05, 0) is 39.5 Å². The fourth-order valence-electron chi connectivity index (χ4n) is 3.46. The van der Waals surface area contributed by atoms with Gasteiger partial charge in [-0.15, -0.1) is 24.0 Å². The van der Waals surface area contributed by atoms with Gasteiger partial charge in [-0.1, -0.05) is 25.7 Å². The lowest BCUT2D eigenvalue weighted by atomic mass is 10.0. The van der Waals surface area contributed by atoms with Crippen LogP contribution in [0.1, 0.15) is 70.8 Å². The Morgan fingerprint density at radius 1 is 1.28 bits per heavy atom. The van der Waals surface area contributed by atoms with E-state index in [-0.39, 0.29) is 30.5 Å². The number of aliphatic imine (C=N–C) groups is 1. The summed E-state index contributed by atoms with van der Waals surface area (Å²) in [6.45, 7) is 6.55. The molecule has 1 heterocycles. The van der Waals surface area contributed by atoms with Gasteiger partial charge in [-0.25, -0.2) is 4.99 Å². The van der Waals surface area contributed by atoms with Crippen LogP contribution >= 0.6 is 24.0 Å². The van der Waals surface area contributed by atoms with E-state index in [1.165, 1.54) is 38.5 Å². The number of guanidine groups is 1. The van der Waals surface area contributed by atoms with Crippen LogP contribution < -0.4 is 10.6 Å². The Morgan fingerprint density at radius 3 is 2.62 bits per heavy atom. The second-order valence-electron chi connectivity index (χ2n) is 7.99. The molecule has 7 nitrogen and oxygen atoms in total. The van der Waals surface area contributed by atoms with E-state index in [4.69, 9.17) is 4.74 Å². The van der Waals surface area contributed by atoms with E-state index < -0.39 is 5.60 Å². The predicted octanol–water partition coefficient (Wildman–Crippen LogP) is 3.32. The molecule has 2 rings (SSSR count). The first-order valence-corrected chi connectivity index (χ1v) is 10.9. The highest BCUT2D eigenvalue weighted by Gasteiger charge is 2.24. The molecular weight excluding hydrogens is 481 g/mol. The van der Waals surface area contributed by atoms with E-state index in [0.717, 1.165) is 44.1 Å². The summed E-state index contributed by atoms with van der Waals surface area (Å²) in [6, 6.07) is 0. The normalized spacial score (nSPS) is 17.9. The third kappa shape index (κ3) is 10.1. The molecule has 0 spiro atoms. The zero-order valence-electron chi connectivity index (χ0n) is 18.3. The maximum Gasteiger partial charge on any atom is 0.191 e. The number of hydrogen-bond acceptors (Lipinski definition) is 4. The van der Waals surface area contributed by atoms with E-state index in [1.54, 1.807) is 17.8 Å². The van der Waals surface area contributed by atoms with Crippen molar-refractivity contribution in [2.45, 2.75) is 76.9 Å². The van der Waals surface area contributed by atoms with Crippen molar-refractivity contribution >= 4 is 29.9 Å². The van der Waals surface area contributed by atoms with E-state index in [2.05, 4.69) is 20.7 Å². The Kier molecular flexibility index (Phi) is 12.8. The summed E-state index contributed by atoms with van der Waals surface area (Å²) in [5.41, 5.74) is -0.270. The number of halogens is 1. The minimum atomic E-state index is -1.04. The first-order chi connectivity index (χ1) is 13.5. The fourth-order valence-corrected chi connectivity index (χ4v) is 3.46. The summed E-state index contributed by atoms with van der Waals surface area (Å²) < 4.78 is 7.73. The quantitative estimate of drug-likeness (QED) is 0.145. The third-order valence-corrected chi connectivity index (χ3v) is 5.24. The van der Waals surface area contributed by atoms with Crippen molar-refractivity contribution in [3.05, 3.63) is 18.0 Å². The van der Waals surface area contributed by atoms with Gasteiger partial charge < -0.3 is 20.5 Å². The SMILES string of the molecule is CCNC(=NCC(C)(O)c1cnn(C)c1)NCCCCOC1CCCCCC1.I. The largest absolute Gasteiger partial charge is 0.383 e. The number of ether oxygens (including phenoxy) is 1. The maximum absolute atomic E-state index is 10.7. The monoisotopic (exact) mass is 521 g/mol. The van der Waals surface area contributed by atoms with Gasteiger partial charge in [-0.2, -0.15) is 5.10 Å². The standard InChI is InChI=1S/C21H39N5O2.HI/c1-4-22-20(24-17-21(2,27)18-15-25-26(3)16-18)23-13-9-10-14-28-19-11-7-5-6-8-12-19;/h15-16,19,27H,4-14,17H2,1-3H3,(H2,22,23,24);1H. The fraction of sp³-hybridized carbons (Fsp3) is 0.810. The minimum absolute atomic E-state index is 0. The Hall–Kier alpha value is -0.870. The second kappa shape index (κ2) is 14.2. The first kappa shape index (κ1) is 26.2. The molecule has 1 unspecified atom stereocenters. The molecule has 1 aliphatic carbocycles. The van der Waals surface area contributed by atoms with Crippen molar-refractivity contribution in [3.8, 4) is 0 Å². The van der Waals surface area contributed by atoms with E-state index >= 15 is 0 Å². The highest BCUT2D eigenvalue weighted by Crippen LogP contribution is 2.20. The molecule has 0 bridgehead atoms. The minimum Gasteiger partial charge on any atom is -0.383 e. The van der Waals surface area contributed by atoms with Gasteiger partial charge in [0.2, 0.25) is 0 Å². The molecule has 1 aromatic heterocycles. The van der Waals surface area contributed by atoms with Crippen LogP contribution in [0.2, 0.25) is 0 Å². The van der Waals surface area contributed by atoms with Crippen LogP contribution in [0.25, 0.3) is 0 Å². The molecule has 168 valence electrons. The Bertz CT molecular complexity index is 583. The number of nitrogens with one attached hydrogen (secondary N) is 2. The molecule has 0 amide bonds. The molecule has 29 heavy (non-hydrogen) atoms. The highest BCUT2D eigenvalue weighted by atomic mass is 127. The van der Waals surface area contributed by atoms with Crippen LogP contribution in [0.4, 0.5) is 0 Å². The number of hydrogen-bond donors (Lipinski definition) is 3. The summed E-state index contributed by atoms with van der Waals surface area (Å²) in [7, 11) is 1.84. The Labute approximate surface area is 193 Å². The van der Waals surface area contributed by atoms with Crippen molar-refractivity contribution in [2.75, 3.05) is 26.2 Å². The number of aliphatic hydroxyl groups is 1. The summed E-state index contributed by atoms with van der Waals surface area (Å²) in [5.74, 6) is 0.733. The Balaban J connectivity index is 0.00000420. The molecule has 0 aromatic carbocycles. The van der Waals surface area contributed by atoms with Crippen LogP contribution in [0.3, 0.4) is 0 Å². The van der Waals surface area contributed by atoms with Gasteiger partial charge in [0.25, 0.3) is 0 Å². The summed E-state index contributed by atoms with van der Waals surface area (Å²) in [4.78, 5) is 4.55. The van der Waals surface area contributed by atoms with E-state index in [9.17, 15) is 5.11 Å². The predicted molar refractivity (Wildman–Crippen MR) is 129 cm³/mol. The average Bonchev–Trinajstić information content (AvgIpc) is 2.95. The number of nitrogens with zero attached hydrogens (tertiary/aromatic N) is 3. The van der Waals surface area contributed by atoms with Crippen LogP contribution in [0, 0.1) is 0 Å². The van der Waals surface area contributed by atoms with Crippen molar-refractivity contribution in [2.24, 2.45) is 12.0 Å². The van der Waals surface area contributed by atoms with Gasteiger partial charge in [0.1, 0.15) is 5.60 Å². The van der Waals surface area contributed by atoms with Gasteiger partial charge in [-0.3, -0.25) is 4.68 Å². The number of rotatable bonds is 10. The molecular formula is C21H40IN5O2. The number of aromatic nitrogens is 2. The smallest absolute Gasteiger partial charge is 0.191 e. The van der Waals surface area contributed by atoms with Crippen LogP contribution in [-0.4, -0.2) is 53.2 Å². The molecule has 3 N–H and O–H groups in total. The second-order valence-corrected chi connectivity index (χ2v) is 7.99. The van der Waals surface area contributed by atoms with Crippen molar-refractivity contribution < 1.29 is 9.84 Å². The van der Waals surface area contributed by atoms with Gasteiger partial charge in [0, 0.05) is 38.5 Å². The molecule has 1 saturated carbocycles. The third-order valence-electron chi connectivity index (χ3n) is 5.24. The van der Waals surface area contributed by atoms with E-state index in [1.807, 2.05) is 20.2 Å². The first-order valence-electron chi connectivity index (χ1n) is 10.9. The molecule has 0 radical (unpaired) electrons. The molecule has 0 saturated heterocycles. The topological polar surface area (TPSA) is 83.7 Å². The molecule has 8 heteroatoms. The lowest BCUT2D eigenvalue weighted by Crippen LogP contribution is -2.39. The van der Waals surface area contributed by atoms with Crippen molar-refractivity contribution in [3.63, 3.8) is 0 Å². The maximum atomic E-state index is 10.7. The zero-order chi connectivity index (χ0) is 20.2. The highest BCUT2D eigenvalue weighted by molar-refractivity contribution is 14.0. The number of aryl methyl sites for hydroxylation is 1. The lowest BCUT2D eigenvalue weighted by Gasteiger charge is -2.20. The molecule has 1 aromatic rings. The van der Waals surface area contributed by atoms with Crippen molar-refractivity contribution in [1.29, 1.82) is 0 Å². The van der Waals surface area contributed by atoms with E-state index in [0.29, 0.717) is 6.10 Å². The van der Waals surface area contributed by atoms with Crippen LogP contribution in [-0.2, 0) is 17.4 Å². The number of unbranched alkanes of at least 4 members (excludes halogenated alkanes) is 1.